The lowest BCUT2D eigenvalue weighted by atomic mass is 10.1. The van der Waals surface area contributed by atoms with Gasteiger partial charge in [-0.2, -0.15) is 5.10 Å². The zero-order valence-corrected chi connectivity index (χ0v) is 17.4. The van der Waals surface area contributed by atoms with Gasteiger partial charge in [0.15, 0.2) is 0 Å². The van der Waals surface area contributed by atoms with Gasteiger partial charge in [-0.1, -0.05) is 34.1 Å². The second-order valence-electron chi connectivity index (χ2n) is 6.37. The van der Waals surface area contributed by atoms with E-state index in [1.165, 1.54) is 0 Å². The number of carbonyl (C=O) groups excluding carboxylic acids is 1. The summed E-state index contributed by atoms with van der Waals surface area (Å²) in [6, 6.07) is 15.4. The van der Waals surface area contributed by atoms with Gasteiger partial charge >= 0.3 is 0 Å². The van der Waals surface area contributed by atoms with Crippen molar-refractivity contribution in [3.05, 3.63) is 76.0 Å². The van der Waals surface area contributed by atoms with E-state index >= 15 is 0 Å². The fraction of sp³-hybridized carbons (Fsp3) is 0.238. The Balaban J connectivity index is 1.88. The molecule has 0 aliphatic carbocycles. The van der Waals surface area contributed by atoms with Crippen LogP contribution in [-0.4, -0.2) is 34.7 Å². The third kappa shape index (κ3) is 3.76. The standard InChI is InChI=1S/C21H22BrN3O2/c1-14(18-7-5-6-8-20(18)27-4)24(3)21(26)19-13-23-25(15(19)2)17-11-9-16(22)10-12-17/h5-14H,1-4H3. The summed E-state index contributed by atoms with van der Waals surface area (Å²) in [5.41, 5.74) is 3.27. The molecule has 0 spiro atoms. The maximum atomic E-state index is 13.1. The van der Waals surface area contributed by atoms with Crippen molar-refractivity contribution in [1.82, 2.24) is 14.7 Å². The van der Waals surface area contributed by atoms with Gasteiger partial charge in [-0.25, -0.2) is 4.68 Å². The second kappa shape index (κ2) is 7.96. The Morgan fingerprint density at radius 1 is 1.19 bits per heavy atom. The number of ether oxygens (including phenoxy) is 1. The van der Waals surface area contributed by atoms with Gasteiger partial charge in [0, 0.05) is 17.1 Å². The molecule has 2 aromatic carbocycles. The number of rotatable bonds is 5. The van der Waals surface area contributed by atoms with Crippen LogP contribution in [0.5, 0.6) is 5.75 Å². The molecule has 27 heavy (non-hydrogen) atoms. The number of aromatic nitrogens is 2. The van der Waals surface area contributed by atoms with Gasteiger partial charge in [-0.3, -0.25) is 4.79 Å². The van der Waals surface area contributed by atoms with Gasteiger partial charge in [0.2, 0.25) is 0 Å². The van der Waals surface area contributed by atoms with E-state index in [9.17, 15) is 4.79 Å². The molecule has 1 heterocycles. The molecule has 3 aromatic rings. The molecule has 3 rings (SSSR count). The lowest BCUT2D eigenvalue weighted by Gasteiger charge is -2.26. The average Bonchev–Trinajstić information content (AvgIpc) is 3.08. The number of methoxy groups -OCH3 is 1. The number of carbonyl (C=O) groups is 1. The molecule has 0 fully saturated rings. The molecule has 0 saturated heterocycles. The third-order valence-corrected chi connectivity index (χ3v) is 5.33. The van der Waals surface area contributed by atoms with Crippen LogP contribution < -0.4 is 4.74 Å². The third-order valence-electron chi connectivity index (χ3n) is 4.80. The van der Waals surface area contributed by atoms with Gasteiger partial charge in [-0.15, -0.1) is 0 Å². The Kier molecular flexibility index (Phi) is 5.65. The number of halogens is 1. The minimum atomic E-state index is -0.135. The van der Waals surface area contributed by atoms with E-state index in [1.807, 2.05) is 62.4 Å². The molecule has 0 saturated carbocycles. The van der Waals surface area contributed by atoms with Crippen LogP contribution in [0.3, 0.4) is 0 Å². The van der Waals surface area contributed by atoms with Crippen LogP contribution in [0.4, 0.5) is 0 Å². The smallest absolute Gasteiger partial charge is 0.257 e. The number of benzene rings is 2. The summed E-state index contributed by atoms with van der Waals surface area (Å²) in [6.07, 6.45) is 1.63. The topological polar surface area (TPSA) is 47.4 Å². The Hall–Kier alpha value is -2.60. The van der Waals surface area contributed by atoms with Gasteiger partial charge < -0.3 is 9.64 Å². The minimum absolute atomic E-state index is 0.0748. The average molecular weight is 428 g/mol. The van der Waals surface area contributed by atoms with Gasteiger partial charge in [0.05, 0.1) is 36.3 Å². The highest BCUT2D eigenvalue weighted by molar-refractivity contribution is 9.10. The van der Waals surface area contributed by atoms with Crippen molar-refractivity contribution in [2.24, 2.45) is 0 Å². The number of hydrogen-bond donors (Lipinski definition) is 0. The maximum Gasteiger partial charge on any atom is 0.257 e. The van der Waals surface area contributed by atoms with E-state index < -0.39 is 0 Å². The largest absolute Gasteiger partial charge is 0.496 e. The van der Waals surface area contributed by atoms with Crippen LogP contribution in [0.1, 0.15) is 34.6 Å². The van der Waals surface area contributed by atoms with E-state index in [2.05, 4.69) is 21.0 Å². The highest BCUT2D eigenvalue weighted by Crippen LogP contribution is 2.29. The Morgan fingerprint density at radius 2 is 1.85 bits per heavy atom. The van der Waals surface area contributed by atoms with Crippen LogP contribution in [0.25, 0.3) is 5.69 Å². The molecule has 6 heteroatoms. The van der Waals surface area contributed by atoms with E-state index in [0.29, 0.717) is 5.56 Å². The number of amides is 1. The zero-order valence-electron chi connectivity index (χ0n) is 15.8. The van der Waals surface area contributed by atoms with Crippen molar-refractivity contribution in [1.29, 1.82) is 0 Å². The summed E-state index contributed by atoms with van der Waals surface area (Å²) in [4.78, 5) is 14.8. The molecule has 0 radical (unpaired) electrons. The Morgan fingerprint density at radius 3 is 2.52 bits per heavy atom. The monoisotopic (exact) mass is 427 g/mol. The van der Waals surface area contributed by atoms with Crippen LogP contribution in [0.15, 0.2) is 59.2 Å². The van der Waals surface area contributed by atoms with E-state index in [-0.39, 0.29) is 11.9 Å². The van der Waals surface area contributed by atoms with Crippen LogP contribution in [-0.2, 0) is 0 Å². The van der Waals surface area contributed by atoms with Crippen molar-refractivity contribution in [2.75, 3.05) is 14.2 Å². The number of hydrogen-bond acceptors (Lipinski definition) is 3. The lowest BCUT2D eigenvalue weighted by molar-refractivity contribution is 0.0740. The van der Waals surface area contributed by atoms with Crippen LogP contribution in [0.2, 0.25) is 0 Å². The molecule has 1 atom stereocenters. The Labute approximate surface area is 167 Å². The first-order valence-corrected chi connectivity index (χ1v) is 9.44. The highest BCUT2D eigenvalue weighted by atomic mass is 79.9. The van der Waals surface area contributed by atoms with Gasteiger partial charge in [0.25, 0.3) is 5.91 Å². The van der Waals surface area contributed by atoms with E-state index in [4.69, 9.17) is 4.74 Å². The summed E-state index contributed by atoms with van der Waals surface area (Å²) in [6.45, 7) is 3.90. The molecular formula is C21H22BrN3O2. The van der Waals surface area contributed by atoms with Crippen LogP contribution in [0, 0.1) is 6.92 Å². The van der Waals surface area contributed by atoms with Gasteiger partial charge in [-0.05, 0) is 44.2 Å². The molecule has 1 aromatic heterocycles. The summed E-state index contributed by atoms with van der Waals surface area (Å²) in [5, 5.41) is 4.41. The summed E-state index contributed by atoms with van der Waals surface area (Å²) < 4.78 is 8.22. The molecule has 0 aliphatic heterocycles. The Bertz CT molecular complexity index is 950. The maximum absolute atomic E-state index is 13.1. The molecule has 140 valence electrons. The molecule has 0 aliphatic rings. The molecule has 0 N–H and O–H groups in total. The van der Waals surface area contributed by atoms with E-state index in [0.717, 1.165) is 27.2 Å². The predicted molar refractivity (Wildman–Crippen MR) is 110 cm³/mol. The summed E-state index contributed by atoms with van der Waals surface area (Å²) >= 11 is 3.43. The van der Waals surface area contributed by atoms with Crippen molar-refractivity contribution in [3.63, 3.8) is 0 Å². The number of nitrogens with zero attached hydrogens (tertiary/aromatic N) is 3. The normalized spacial score (nSPS) is 11.9. The van der Waals surface area contributed by atoms with Crippen molar-refractivity contribution < 1.29 is 9.53 Å². The molecule has 1 unspecified atom stereocenters. The molecular weight excluding hydrogens is 406 g/mol. The summed E-state index contributed by atoms with van der Waals surface area (Å²) in [5.74, 6) is 0.696. The van der Waals surface area contributed by atoms with Gasteiger partial charge in [0.1, 0.15) is 5.75 Å². The minimum Gasteiger partial charge on any atom is -0.496 e. The molecule has 0 bridgehead atoms. The molecule has 1 amide bonds. The first-order chi connectivity index (χ1) is 12.9. The zero-order chi connectivity index (χ0) is 19.6. The van der Waals surface area contributed by atoms with Crippen LogP contribution >= 0.6 is 15.9 Å². The lowest BCUT2D eigenvalue weighted by Crippen LogP contribution is -2.30. The quantitative estimate of drug-likeness (QED) is 0.588. The predicted octanol–water partition coefficient (Wildman–Crippen LogP) is 4.79. The van der Waals surface area contributed by atoms with Crippen molar-refractivity contribution >= 4 is 21.8 Å². The van der Waals surface area contributed by atoms with E-state index in [1.54, 1.807) is 29.9 Å². The highest BCUT2D eigenvalue weighted by Gasteiger charge is 2.24. The first kappa shape index (κ1) is 19.2. The first-order valence-electron chi connectivity index (χ1n) is 8.64. The second-order valence-corrected chi connectivity index (χ2v) is 7.28. The molecule has 5 nitrogen and oxygen atoms in total. The van der Waals surface area contributed by atoms with Crippen molar-refractivity contribution in [3.8, 4) is 11.4 Å². The van der Waals surface area contributed by atoms with Crippen molar-refractivity contribution in [2.45, 2.75) is 19.9 Å². The number of para-hydroxylation sites is 1. The fourth-order valence-corrected chi connectivity index (χ4v) is 3.31. The fourth-order valence-electron chi connectivity index (χ4n) is 3.05. The SMILES string of the molecule is COc1ccccc1C(C)N(C)C(=O)c1cnn(-c2ccc(Br)cc2)c1C. The summed E-state index contributed by atoms with van der Waals surface area (Å²) in [7, 11) is 3.44.